The lowest BCUT2D eigenvalue weighted by molar-refractivity contribution is -0.118. The second-order valence-electron chi connectivity index (χ2n) is 6.33. The molecule has 0 unspecified atom stereocenters. The number of hydrogen-bond acceptors (Lipinski definition) is 5. The van der Waals surface area contributed by atoms with Gasteiger partial charge >= 0.3 is 0 Å². The number of benzene rings is 2. The minimum absolute atomic E-state index is 0.0800. The highest BCUT2D eigenvalue weighted by molar-refractivity contribution is 9.10. The quantitative estimate of drug-likeness (QED) is 0.610. The summed E-state index contributed by atoms with van der Waals surface area (Å²) < 4.78 is 21.5. The van der Waals surface area contributed by atoms with E-state index in [2.05, 4.69) is 36.6 Å². The molecule has 0 bridgehead atoms. The Balaban J connectivity index is 1.38. The van der Waals surface area contributed by atoms with Crippen LogP contribution in [0.4, 0.5) is 16.0 Å². The van der Waals surface area contributed by atoms with Crippen molar-refractivity contribution >= 4 is 39.4 Å². The normalized spacial score (nSPS) is 15.4. The first-order chi connectivity index (χ1) is 14.0. The van der Waals surface area contributed by atoms with E-state index >= 15 is 0 Å². The molecular weight excluding hydrogens is 445 g/mol. The Hall–Kier alpha value is -3.27. The van der Waals surface area contributed by atoms with Crippen molar-refractivity contribution in [3.05, 3.63) is 64.6 Å². The Morgan fingerprint density at radius 2 is 2.10 bits per heavy atom. The van der Waals surface area contributed by atoms with Crippen LogP contribution in [0, 0.1) is 5.82 Å². The number of halogens is 2. The van der Waals surface area contributed by atoms with Crippen LogP contribution in [0.1, 0.15) is 18.0 Å². The van der Waals surface area contributed by atoms with E-state index in [1.807, 2.05) is 0 Å². The van der Waals surface area contributed by atoms with Gasteiger partial charge in [-0.15, -0.1) is 0 Å². The molecule has 4 rings (SSSR count). The highest BCUT2D eigenvalue weighted by Gasteiger charge is 2.27. The van der Waals surface area contributed by atoms with Gasteiger partial charge in [0, 0.05) is 4.47 Å². The van der Waals surface area contributed by atoms with E-state index in [1.54, 1.807) is 35.0 Å². The lowest BCUT2D eigenvalue weighted by atomic mass is 10.0. The second kappa shape index (κ2) is 8.00. The van der Waals surface area contributed by atoms with Crippen molar-refractivity contribution in [2.45, 2.75) is 12.5 Å². The highest BCUT2D eigenvalue weighted by Crippen LogP contribution is 2.29. The van der Waals surface area contributed by atoms with Crippen LogP contribution in [0.15, 0.2) is 53.3 Å². The number of ether oxygens (including phenoxy) is 1. The molecule has 1 aliphatic heterocycles. The molecule has 148 valence electrons. The van der Waals surface area contributed by atoms with E-state index in [0.717, 1.165) is 5.56 Å². The Bertz CT molecular complexity index is 1070. The smallest absolute Gasteiger partial charge is 0.262 e. The molecule has 29 heavy (non-hydrogen) atoms. The summed E-state index contributed by atoms with van der Waals surface area (Å²) in [5, 5.41) is 9.28. The van der Waals surface area contributed by atoms with Crippen molar-refractivity contribution in [3.8, 4) is 5.75 Å². The molecule has 0 aliphatic carbocycles. The van der Waals surface area contributed by atoms with Crippen LogP contribution < -0.4 is 15.4 Å². The summed E-state index contributed by atoms with van der Waals surface area (Å²) in [6.07, 6.45) is 1.63. The molecule has 10 heteroatoms. The van der Waals surface area contributed by atoms with Crippen LogP contribution in [0.25, 0.3) is 0 Å². The summed E-state index contributed by atoms with van der Waals surface area (Å²) in [4.78, 5) is 27.9. The number of nitrogens with zero attached hydrogens (tertiary/aromatic N) is 3. The monoisotopic (exact) mass is 459 g/mol. The van der Waals surface area contributed by atoms with Crippen LogP contribution >= 0.6 is 15.9 Å². The van der Waals surface area contributed by atoms with Crippen LogP contribution in [0.3, 0.4) is 0 Å². The van der Waals surface area contributed by atoms with Gasteiger partial charge in [-0.05, 0) is 35.9 Å². The van der Waals surface area contributed by atoms with Gasteiger partial charge in [-0.1, -0.05) is 28.1 Å². The van der Waals surface area contributed by atoms with Gasteiger partial charge in [-0.3, -0.25) is 14.9 Å². The van der Waals surface area contributed by atoms with Crippen molar-refractivity contribution in [2.75, 3.05) is 17.2 Å². The zero-order chi connectivity index (χ0) is 20.4. The first kappa shape index (κ1) is 19.1. The maximum atomic E-state index is 13.8. The van der Waals surface area contributed by atoms with Gasteiger partial charge in [0.15, 0.2) is 6.61 Å². The molecule has 1 atom stereocenters. The van der Waals surface area contributed by atoms with E-state index in [4.69, 9.17) is 4.74 Å². The van der Waals surface area contributed by atoms with Crippen molar-refractivity contribution in [1.29, 1.82) is 0 Å². The highest BCUT2D eigenvalue weighted by atomic mass is 79.9. The summed E-state index contributed by atoms with van der Waals surface area (Å²) in [7, 11) is 0. The van der Waals surface area contributed by atoms with Crippen LogP contribution in [0.2, 0.25) is 0 Å². The maximum Gasteiger partial charge on any atom is 0.262 e. The van der Waals surface area contributed by atoms with E-state index in [-0.39, 0.29) is 30.7 Å². The third-order valence-corrected chi connectivity index (χ3v) is 4.83. The molecule has 2 amide bonds. The zero-order valence-electron chi connectivity index (χ0n) is 14.9. The molecule has 0 fully saturated rings. The second-order valence-corrected chi connectivity index (χ2v) is 7.24. The van der Waals surface area contributed by atoms with Crippen molar-refractivity contribution in [3.63, 3.8) is 0 Å². The molecule has 0 radical (unpaired) electrons. The van der Waals surface area contributed by atoms with Crippen LogP contribution in [0.5, 0.6) is 5.75 Å². The summed E-state index contributed by atoms with van der Waals surface area (Å²) in [5.41, 5.74) is 0.941. The van der Waals surface area contributed by atoms with Crippen LogP contribution in [-0.4, -0.2) is 33.2 Å². The van der Waals surface area contributed by atoms with E-state index in [0.29, 0.717) is 16.2 Å². The molecule has 2 aromatic carbocycles. The largest absolute Gasteiger partial charge is 0.484 e. The number of fused-ring (bicyclic) bond motifs is 1. The number of nitrogens with one attached hydrogen (secondary N) is 2. The maximum absolute atomic E-state index is 13.8. The van der Waals surface area contributed by atoms with Crippen molar-refractivity contribution < 1.29 is 18.7 Å². The first-order valence-electron chi connectivity index (χ1n) is 8.66. The van der Waals surface area contributed by atoms with E-state index < -0.39 is 11.7 Å². The van der Waals surface area contributed by atoms with E-state index in [1.165, 1.54) is 18.5 Å². The minimum atomic E-state index is -0.541. The van der Waals surface area contributed by atoms with E-state index in [9.17, 15) is 14.0 Å². The average Bonchev–Trinajstić information content (AvgIpc) is 3.17. The zero-order valence-corrected chi connectivity index (χ0v) is 16.5. The van der Waals surface area contributed by atoms with Gasteiger partial charge in [0.1, 0.15) is 17.9 Å². The molecule has 2 heterocycles. The summed E-state index contributed by atoms with van der Waals surface area (Å²) in [6.45, 7) is -0.270. The third kappa shape index (κ3) is 4.27. The van der Waals surface area contributed by atoms with Crippen LogP contribution in [-0.2, 0) is 9.59 Å². The number of aromatic nitrogens is 3. The molecular formula is C19H15BrFN5O3. The predicted molar refractivity (Wildman–Crippen MR) is 106 cm³/mol. The molecule has 8 nitrogen and oxygen atoms in total. The predicted octanol–water partition coefficient (Wildman–Crippen LogP) is 3.13. The van der Waals surface area contributed by atoms with Gasteiger partial charge in [-0.25, -0.2) is 9.07 Å². The Labute approximate surface area is 173 Å². The molecule has 0 spiro atoms. The number of carbonyl (C=O) groups is 2. The summed E-state index contributed by atoms with van der Waals surface area (Å²) in [5.74, 6) is -0.275. The summed E-state index contributed by atoms with van der Waals surface area (Å²) >= 11 is 3.16. The molecule has 0 saturated heterocycles. The SMILES string of the molecule is O=C(COc1ccc([C@@H]2CC(=O)Nc3ncnn32)cc1)Nc1ccc(Br)cc1F. The topological polar surface area (TPSA) is 98.1 Å². The number of carbonyl (C=O) groups excluding carboxylic acids is 2. The lowest BCUT2D eigenvalue weighted by Crippen LogP contribution is -2.29. The molecule has 3 aromatic rings. The van der Waals surface area contributed by atoms with Gasteiger partial charge < -0.3 is 10.1 Å². The van der Waals surface area contributed by atoms with Gasteiger partial charge in [-0.2, -0.15) is 10.1 Å². The van der Waals surface area contributed by atoms with Gasteiger partial charge in [0.2, 0.25) is 11.9 Å². The summed E-state index contributed by atoms with van der Waals surface area (Å²) in [6, 6.07) is 11.1. The number of hydrogen-bond donors (Lipinski definition) is 2. The lowest BCUT2D eigenvalue weighted by Gasteiger charge is -2.23. The Morgan fingerprint density at radius 3 is 2.86 bits per heavy atom. The first-order valence-corrected chi connectivity index (χ1v) is 9.46. The fourth-order valence-corrected chi connectivity index (χ4v) is 3.31. The van der Waals surface area contributed by atoms with Crippen molar-refractivity contribution in [1.82, 2.24) is 14.8 Å². The average molecular weight is 460 g/mol. The standard InChI is InChI=1S/C19H15BrFN5O3/c20-12-3-6-15(14(21)7-12)24-18(28)9-29-13-4-1-11(2-5-13)16-8-17(27)25-19-22-10-23-26(16)19/h1-7,10,16H,8-9H2,(H,24,28)(H,22,23,25,27)/t16-/m0/s1. The Kier molecular flexibility index (Phi) is 5.26. The third-order valence-electron chi connectivity index (χ3n) is 4.34. The molecule has 1 aromatic heterocycles. The minimum Gasteiger partial charge on any atom is -0.484 e. The molecule has 2 N–H and O–H groups in total. The number of anilines is 2. The van der Waals surface area contributed by atoms with Gasteiger partial charge in [0.25, 0.3) is 5.91 Å². The van der Waals surface area contributed by atoms with Gasteiger partial charge in [0.05, 0.1) is 18.2 Å². The van der Waals surface area contributed by atoms with Crippen molar-refractivity contribution in [2.24, 2.45) is 0 Å². The number of amides is 2. The molecule has 0 saturated carbocycles. The number of rotatable bonds is 5. The fraction of sp³-hybridized carbons (Fsp3) is 0.158. The Morgan fingerprint density at radius 1 is 1.31 bits per heavy atom. The fourth-order valence-electron chi connectivity index (χ4n) is 2.98. The molecule has 1 aliphatic rings.